The second-order valence-electron chi connectivity index (χ2n) is 4.92. The Labute approximate surface area is 124 Å². The van der Waals surface area contributed by atoms with Gasteiger partial charge in [-0.25, -0.2) is 13.1 Å². The SMILES string of the molecule is Cc1cc(C)c(S(=O)(=O)NCc2cccnn2)c(C)c1N. The van der Waals surface area contributed by atoms with E-state index in [9.17, 15) is 8.42 Å². The second kappa shape index (κ2) is 5.79. The van der Waals surface area contributed by atoms with Crippen LogP contribution in [-0.2, 0) is 16.6 Å². The average molecular weight is 306 g/mol. The van der Waals surface area contributed by atoms with Crippen molar-refractivity contribution in [3.05, 3.63) is 46.8 Å². The standard InChI is InChI=1S/C14H18N4O2S/c1-9-7-10(2)14(11(3)13(9)15)21(19,20)17-8-12-5-4-6-16-18-12/h4-7,17H,8,15H2,1-3H3. The van der Waals surface area contributed by atoms with Crippen molar-refractivity contribution in [3.63, 3.8) is 0 Å². The maximum atomic E-state index is 12.5. The highest BCUT2D eigenvalue weighted by Gasteiger charge is 2.21. The zero-order valence-electron chi connectivity index (χ0n) is 12.2. The van der Waals surface area contributed by atoms with Crippen LogP contribution in [-0.4, -0.2) is 18.6 Å². The largest absolute Gasteiger partial charge is 0.398 e. The van der Waals surface area contributed by atoms with Crippen LogP contribution < -0.4 is 10.5 Å². The molecule has 3 N–H and O–H groups in total. The minimum absolute atomic E-state index is 0.0861. The molecule has 0 aliphatic rings. The summed E-state index contributed by atoms with van der Waals surface area (Å²) in [5.41, 5.74) is 9.11. The number of benzene rings is 1. The quantitative estimate of drug-likeness (QED) is 0.833. The summed E-state index contributed by atoms with van der Waals surface area (Å²) in [5.74, 6) is 0. The Balaban J connectivity index is 2.35. The van der Waals surface area contributed by atoms with Crippen molar-refractivity contribution in [2.45, 2.75) is 32.2 Å². The van der Waals surface area contributed by atoms with Gasteiger partial charge in [-0.15, -0.1) is 0 Å². The first kappa shape index (κ1) is 15.4. The molecular formula is C14H18N4O2S. The maximum absolute atomic E-state index is 12.5. The van der Waals surface area contributed by atoms with Crippen LogP contribution in [0.4, 0.5) is 5.69 Å². The molecule has 0 fully saturated rings. The van der Waals surface area contributed by atoms with Crippen LogP contribution in [0.3, 0.4) is 0 Å². The van der Waals surface area contributed by atoms with E-state index >= 15 is 0 Å². The molecule has 6 nitrogen and oxygen atoms in total. The highest BCUT2D eigenvalue weighted by atomic mass is 32.2. The first-order valence-electron chi connectivity index (χ1n) is 6.45. The summed E-state index contributed by atoms with van der Waals surface area (Å²) < 4.78 is 27.5. The van der Waals surface area contributed by atoms with E-state index < -0.39 is 10.0 Å². The van der Waals surface area contributed by atoms with Crippen molar-refractivity contribution < 1.29 is 8.42 Å². The molecule has 0 radical (unpaired) electrons. The summed E-state index contributed by atoms with van der Waals surface area (Å²) in [7, 11) is -3.66. The third kappa shape index (κ3) is 3.20. The fraction of sp³-hybridized carbons (Fsp3) is 0.286. The Morgan fingerprint density at radius 2 is 1.95 bits per heavy atom. The number of aromatic nitrogens is 2. The zero-order valence-corrected chi connectivity index (χ0v) is 13.0. The summed E-state index contributed by atoms with van der Waals surface area (Å²) >= 11 is 0. The molecule has 2 rings (SSSR count). The lowest BCUT2D eigenvalue weighted by Crippen LogP contribution is -2.25. The number of anilines is 1. The first-order chi connectivity index (χ1) is 9.83. The molecule has 0 atom stereocenters. The molecule has 7 heteroatoms. The minimum atomic E-state index is -3.66. The summed E-state index contributed by atoms with van der Waals surface area (Å²) in [6.07, 6.45) is 1.53. The number of hydrogen-bond acceptors (Lipinski definition) is 5. The van der Waals surface area contributed by atoms with Gasteiger partial charge in [-0.1, -0.05) is 6.07 Å². The highest BCUT2D eigenvalue weighted by Crippen LogP contribution is 2.27. The lowest BCUT2D eigenvalue weighted by molar-refractivity contribution is 0.578. The van der Waals surface area contributed by atoms with Gasteiger partial charge in [0.05, 0.1) is 17.1 Å². The van der Waals surface area contributed by atoms with Crippen LogP contribution in [0, 0.1) is 20.8 Å². The van der Waals surface area contributed by atoms with E-state index in [2.05, 4.69) is 14.9 Å². The zero-order chi connectivity index (χ0) is 15.6. The lowest BCUT2D eigenvalue weighted by Gasteiger charge is -2.15. The highest BCUT2D eigenvalue weighted by molar-refractivity contribution is 7.89. The van der Waals surface area contributed by atoms with Gasteiger partial charge < -0.3 is 5.73 Å². The minimum Gasteiger partial charge on any atom is -0.398 e. The van der Waals surface area contributed by atoms with Gasteiger partial charge in [0.25, 0.3) is 0 Å². The van der Waals surface area contributed by atoms with Gasteiger partial charge in [-0.2, -0.15) is 10.2 Å². The predicted molar refractivity (Wildman–Crippen MR) is 81.1 cm³/mol. The summed E-state index contributed by atoms with van der Waals surface area (Å²) in [6.45, 7) is 5.42. The molecule has 1 heterocycles. The van der Waals surface area contributed by atoms with Gasteiger partial charge in [-0.3, -0.25) is 0 Å². The molecule has 0 unspecified atom stereocenters. The number of nitrogens with two attached hydrogens (primary N) is 1. The fourth-order valence-electron chi connectivity index (χ4n) is 2.26. The summed E-state index contributed by atoms with van der Waals surface area (Å²) in [4.78, 5) is 0.231. The number of nitrogens with one attached hydrogen (secondary N) is 1. The van der Waals surface area contributed by atoms with Crippen LogP contribution in [0.1, 0.15) is 22.4 Å². The third-order valence-electron chi connectivity index (χ3n) is 3.30. The molecule has 1 aromatic carbocycles. The monoisotopic (exact) mass is 306 g/mol. The number of aryl methyl sites for hydroxylation is 2. The van der Waals surface area contributed by atoms with E-state index in [0.29, 0.717) is 22.5 Å². The van der Waals surface area contributed by atoms with Crippen molar-refractivity contribution in [3.8, 4) is 0 Å². The van der Waals surface area contributed by atoms with Gasteiger partial charge in [-0.05, 0) is 49.6 Å². The van der Waals surface area contributed by atoms with Gasteiger partial charge in [0.15, 0.2) is 0 Å². The molecule has 0 aliphatic carbocycles. The Morgan fingerprint density at radius 3 is 2.57 bits per heavy atom. The molecule has 21 heavy (non-hydrogen) atoms. The van der Waals surface area contributed by atoms with E-state index in [1.54, 1.807) is 32.0 Å². The van der Waals surface area contributed by atoms with Crippen LogP contribution in [0.25, 0.3) is 0 Å². The Kier molecular flexibility index (Phi) is 4.24. The fourth-order valence-corrected chi connectivity index (χ4v) is 3.74. The summed E-state index contributed by atoms with van der Waals surface area (Å²) in [6, 6.07) is 5.19. The van der Waals surface area contributed by atoms with Crippen molar-refractivity contribution in [2.75, 3.05) is 5.73 Å². The average Bonchev–Trinajstić information content (AvgIpc) is 2.44. The number of nitrogens with zero attached hydrogens (tertiary/aromatic N) is 2. The van der Waals surface area contributed by atoms with Crippen LogP contribution >= 0.6 is 0 Å². The van der Waals surface area contributed by atoms with Gasteiger partial charge in [0, 0.05) is 11.9 Å². The van der Waals surface area contributed by atoms with Gasteiger partial charge >= 0.3 is 0 Å². The number of sulfonamides is 1. The molecule has 112 valence electrons. The van der Waals surface area contributed by atoms with Crippen LogP contribution in [0.15, 0.2) is 29.3 Å². The number of rotatable bonds is 4. The third-order valence-corrected chi connectivity index (χ3v) is 4.99. The normalized spacial score (nSPS) is 11.6. The molecule has 0 saturated heterocycles. The smallest absolute Gasteiger partial charge is 0.241 e. The van der Waals surface area contributed by atoms with E-state index in [1.165, 1.54) is 6.20 Å². The van der Waals surface area contributed by atoms with E-state index in [1.807, 2.05) is 6.92 Å². The molecule has 0 saturated carbocycles. The summed E-state index contributed by atoms with van der Waals surface area (Å²) in [5, 5.41) is 7.56. The van der Waals surface area contributed by atoms with Gasteiger partial charge in [0.1, 0.15) is 0 Å². The van der Waals surface area contributed by atoms with Crippen molar-refractivity contribution >= 4 is 15.7 Å². The van der Waals surface area contributed by atoms with Crippen LogP contribution in [0.5, 0.6) is 0 Å². The Hall–Kier alpha value is -1.99. The first-order valence-corrected chi connectivity index (χ1v) is 7.94. The molecule has 0 spiro atoms. The molecule has 2 aromatic rings. The number of nitrogen functional groups attached to an aromatic ring is 1. The predicted octanol–water partition coefficient (Wildman–Crippen LogP) is 1.46. The maximum Gasteiger partial charge on any atom is 0.241 e. The topological polar surface area (TPSA) is 98.0 Å². The van der Waals surface area contributed by atoms with Crippen molar-refractivity contribution in [1.29, 1.82) is 0 Å². The molecular weight excluding hydrogens is 288 g/mol. The Bertz CT molecular complexity index is 758. The number of hydrogen-bond donors (Lipinski definition) is 2. The lowest BCUT2D eigenvalue weighted by atomic mass is 10.1. The van der Waals surface area contributed by atoms with Gasteiger partial charge in [0.2, 0.25) is 10.0 Å². The molecule has 0 bridgehead atoms. The van der Waals surface area contributed by atoms with Crippen molar-refractivity contribution in [1.82, 2.24) is 14.9 Å². The van der Waals surface area contributed by atoms with E-state index in [0.717, 1.165) is 5.56 Å². The second-order valence-corrected chi connectivity index (χ2v) is 6.62. The van der Waals surface area contributed by atoms with E-state index in [4.69, 9.17) is 5.73 Å². The molecule has 0 amide bonds. The van der Waals surface area contributed by atoms with Crippen LogP contribution in [0.2, 0.25) is 0 Å². The molecule has 0 aliphatic heterocycles. The molecule has 1 aromatic heterocycles. The Morgan fingerprint density at radius 1 is 1.24 bits per heavy atom. The van der Waals surface area contributed by atoms with Crippen molar-refractivity contribution in [2.24, 2.45) is 0 Å². The van der Waals surface area contributed by atoms with E-state index in [-0.39, 0.29) is 11.4 Å².